The van der Waals surface area contributed by atoms with E-state index < -0.39 is 0 Å². The lowest BCUT2D eigenvalue weighted by Gasteiger charge is -2.29. The number of nitrogens with two attached hydrogens (primary N) is 1. The summed E-state index contributed by atoms with van der Waals surface area (Å²) in [5, 5.41) is 9.34. The van der Waals surface area contributed by atoms with Crippen LogP contribution in [0.5, 0.6) is 0 Å². The Morgan fingerprint density at radius 1 is 1.47 bits per heavy atom. The van der Waals surface area contributed by atoms with Crippen LogP contribution in [0.15, 0.2) is 0 Å². The Bertz CT molecular complexity index is 200. The number of ether oxygens (including phenoxy) is 1. The first-order valence-corrected chi connectivity index (χ1v) is 5.72. The summed E-state index contributed by atoms with van der Waals surface area (Å²) in [6.07, 6.45) is 3.58. The smallest absolute Gasteiger partial charge is 0.307 e. The molecule has 0 spiro atoms. The van der Waals surface area contributed by atoms with E-state index in [1.807, 2.05) is 0 Å². The maximum atomic E-state index is 11.2. The van der Waals surface area contributed by atoms with Gasteiger partial charge >= 0.3 is 5.97 Å². The summed E-state index contributed by atoms with van der Waals surface area (Å²) in [5.41, 5.74) is 5.94. The number of aliphatic hydroxyl groups is 1. The van der Waals surface area contributed by atoms with Gasteiger partial charge in [-0.15, -0.1) is 0 Å². The zero-order chi connectivity index (χ0) is 11.3. The first-order chi connectivity index (χ1) is 7.13. The van der Waals surface area contributed by atoms with Gasteiger partial charge in [-0.25, -0.2) is 0 Å². The summed E-state index contributed by atoms with van der Waals surface area (Å²) >= 11 is 0. The van der Waals surface area contributed by atoms with Gasteiger partial charge in [-0.3, -0.25) is 4.79 Å². The maximum Gasteiger partial charge on any atom is 0.307 e. The minimum atomic E-state index is -0.212. The topological polar surface area (TPSA) is 72.5 Å². The molecule has 0 aromatic carbocycles. The van der Waals surface area contributed by atoms with Crippen LogP contribution in [0.4, 0.5) is 0 Å². The van der Waals surface area contributed by atoms with Crippen molar-refractivity contribution >= 4 is 5.97 Å². The molecule has 1 aliphatic carbocycles. The van der Waals surface area contributed by atoms with Crippen molar-refractivity contribution in [3.63, 3.8) is 0 Å². The van der Waals surface area contributed by atoms with Gasteiger partial charge in [0.25, 0.3) is 0 Å². The molecule has 4 heteroatoms. The van der Waals surface area contributed by atoms with Gasteiger partial charge in [0.1, 0.15) is 0 Å². The van der Waals surface area contributed by atoms with Crippen LogP contribution in [-0.2, 0) is 9.53 Å². The van der Waals surface area contributed by atoms with Gasteiger partial charge in [0.2, 0.25) is 0 Å². The van der Waals surface area contributed by atoms with Crippen molar-refractivity contribution in [3.05, 3.63) is 0 Å². The fourth-order valence-electron chi connectivity index (χ4n) is 2.11. The number of hydrogen-bond acceptors (Lipinski definition) is 4. The molecule has 3 N–H and O–H groups in total. The van der Waals surface area contributed by atoms with Crippen LogP contribution >= 0.6 is 0 Å². The van der Waals surface area contributed by atoms with E-state index in [0.717, 1.165) is 25.7 Å². The Kier molecular flexibility index (Phi) is 5.05. The summed E-state index contributed by atoms with van der Waals surface area (Å²) in [7, 11) is 0. The molecule has 1 atom stereocenters. The second-order valence-corrected chi connectivity index (χ2v) is 4.24. The van der Waals surface area contributed by atoms with Crippen molar-refractivity contribution in [2.45, 2.75) is 51.2 Å². The molecule has 0 heterocycles. The van der Waals surface area contributed by atoms with E-state index >= 15 is 0 Å². The second-order valence-electron chi connectivity index (χ2n) is 4.24. The van der Waals surface area contributed by atoms with Crippen LogP contribution in [0.3, 0.4) is 0 Å². The molecule has 1 unspecified atom stereocenters. The fraction of sp³-hybridized carbons (Fsp3) is 0.909. The van der Waals surface area contributed by atoms with Gasteiger partial charge in [0.05, 0.1) is 19.1 Å². The molecule has 1 aliphatic rings. The van der Waals surface area contributed by atoms with Crippen molar-refractivity contribution in [2.75, 3.05) is 6.61 Å². The van der Waals surface area contributed by atoms with Crippen LogP contribution in [-0.4, -0.2) is 29.8 Å². The fourth-order valence-corrected chi connectivity index (χ4v) is 2.11. The van der Waals surface area contributed by atoms with E-state index in [1.165, 1.54) is 0 Å². The summed E-state index contributed by atoms with van der Waals surface area (Å²) < 4.78 is 4.86. The summed E-state index contributed by atoms with van der Waals surface area (Å²) in [6, 6.07) is -0.114. The lowest BCUT2D eigenvalue weighted by molar-refractivity contribution is -0.143. The molecule has 88 valence electrons. The second kappa shape index (κ2) is 6.08. The number of rotatable bonds is 4. The molecule has 4 nitrogen and oxygen atoms in total. The third-order valence-electron chi connectivity index (χ3n) is 3.05. The van der Waals surface area contributed by atoms with Crippen molar-refractivity contribution in [2.24, 2.45) is 11.7 Å². The first kappa shape index (κ1) is 12.5. The van der Waals surface area contributed by atoms with E-state index in [0.29, 0.717) is 18.9 Å². The van der Waals surface area contributed by atoms with Crippen molar-refractivity contribution in [1.29, 1.82) is 0 Å². The third kappa shape index (κ3) is 4.18. The SMILES string of the molecule is CCOC(=O)CC(N)C1CCC(O)CC1. The number of esters is 1. The van der Waals surface area contributed by atoms with E-state index in [-0.39, 0.29) is 18.1 Å². The van der Waals surface area contributed by atoms with Gasteiger partial charge in [0, 0.05) is 6.04 Å². The van der Waals surface area contributed by atoms with Crippen molar-refractivity contribution in [3.8, 4) is 0 Å². The van der Waals surface area contributed by atoms with Gasteiger partial charge in [-0.2, -0.15) is 0 Å². The van der Waals surface area contributed by atoms with Crippen LogP contribution in [0, 0.1) is 5.92 Å². The highest BCUT2D eigenvalue weighted by Crippen LogP contribution is 2.27. The van der Waals surface area contributed by atoms with E-state index in [2.05, 4.69) is 0 Å². The molecule has 0 amide bonds. The monoisotopic (exact) mass is 215 g/mol. The summed E-state index contributed by atoms with van der Waals surface area (Å²) in [4.78, 5) is 11.2. The van der Waals surface area contributed by atoms with Gasteiger partial charge < -0.3 is 15.6 Å². The standard InChI is InChI=1S/C11H21NO3/c1-2-15-11(14)7-10(12)8-3-5-9(13)6-4-8/h8-10,13H,2-7,12H2,1H3. The Morgan fingerprint density at radius 3 is 2.60 bits per heavy atom. The Hall–Kier alpha value is -0.610. The highest BCUT2D eigenvalue weighted by molar-refractivity contribution is 5.70. The summed E-state index contributed by atoms with van der Waals surface area (Å²) in [5.74, 6) is 0.147. The van der Waals surface area contributed by atoms with Crippen molar-refractivity contribution in [1.82, 2.24) is 0 Å². The van der Waals surface area contributed by atoms with Crippen molar-refractivity contribution < 1.29 is 14.6 Å². The van der Waals surface area contributed by atoms with Gasteiger partial charge in [0.15, 0.2) is 0 Å². The minimum absolute atomic E-state index is 0.114. The lowest BCUT2D eigenvalue weighted by atomic mass is 9.82. The Labute approximate surface area is 90.8 Å². The molecular weight excluding hydrogens is 194 g/mol. The average Bonchev–Trinajstić information content (AvgIpc) is 2.18. The average molecular weight is 215 g/mol. The number of aliphatic hydroxyl groups excluding tert-OH is 1. The molecule has 0 aromatic heterocycles. The maximum absolute atomic E-state index is 11.2. The number of carbonyl (C=O) groups excluding carboxylic acids is 1. The molecule has 1 rings (SSSR count). The molecular formula is C11H21NO3. The normalized spacial score (nSPS) is 28.5. The minimum Gasteiger partial charge on any atom is -0.466 e. The molecule has 1 saturated carbocycles. The number of carbonyl (C=O) groups is 1. The Balaban J connectivity index is 2.27. The zero-order valence-corrected chi connectivity index (χ0v) is 9.32. The van der Waals surface area contributed by atoms with Crippen LogP contribution in [0.1, 0.15) is 39.0 Å². The predicted molar refractivity (Wildman–Crippen MR) is 57.2 cm³/mol. The van der Waals surface area contributed by atoms with E-state index in [4.69, 9.17) is 10.5 Å². The van der Waals surface area contributed by atoms with E-state index in [9.17, 15) is 9.90 Å². The largest absolute Gasteiger partial charge is 0.466 e. The molecule has 0 aliphatic heterocycles. The molecule has 0 aromatic rings. The number of hydrogen-bond donors (Lipinski definition) is 2. The predicted octanol–water partition coefficient (Wildman–Crippen LogP) is 0.818. The van der Waals surface area contributed by atoms with Crippen LogP contribution in [0.25, 0.3) is 0 Å². The third-order valence-corrected chi connectivity index (χ3v) is 3.05. The first-order valence-electron chi connectivity index (χ1n) is 5.72. The summed E-state index contributed by atoms with van der Waals surface area (Å²) in [6.45, 7) is 2.20. The molecule has 0 radical (unpaired) electrons. The molecule has 15 heavy (non-hydrogen) atoms. The highest BCUT2D eigenvalue weighted by Gasteiger charge is 2.26. The van der Waals surface area contributed by atoms with Crippen LogP contribution < -0.4 is 5.73 Å². The molecule has 0 bridgehead atoms. The highest BCUT2D eigenvalue weighted by atomic mass is 16.5. The zero-order valence-electron chi connectivity index (χ0n) is 9.32. The lowest BCUT2D eigenvalue weighted by Crippen LogP contribution is -2.36. The van der Waals surface area contributed by atoms with Crippen LogP contribution in [0.2, 0.25) is 0 Å². The van der Waals surface area contributed by atoms with E-state index in [1.54, 1.807) is 6.92 Å². The Morgan fingerprint density at radius 2 is 2.07 bits per heavy atom. The molecule has 1 fully saturated rings. The van der Waals surface area contributed by atoms with Gasteiger partial charge in [-0.05, 0) is 38.5 Å². The molecule has 0 saturated heterocycles. The van der Waals surface area contributed by atoms with Gasteiger partial charge in [-0.1, -0.05) is 0 Å². The quantitative estimate of drug-likeness (QED) is 0.681.